The minimum Gasteiger partial charge on any atom is -0.478 e. The number of hydrogen-bond acceptors (Lipinski definition) is 2. The van der Waals surface area contributed by atoms with E-state index >= 15 is 0 Å². The van der Waals surface area contributed by atoms with Crippen LogP contribution in [0.3, 0.4) is 0 Å². The summed E-state index contributed by atoms with van der Waals surface area (Å²) in [4.78, 5) is 13.4. The highest BCUT2D eigenvalue weighted by molar-refractivity contribution is 5.87. The molecule has 2 aromatic carbocycles. The van der Waals surface area contributed by atoms with Gasteiger partial charge in [-0.1, -0.05) is 42.0 Å². The lowest BCUT2D eigenvalue weighted by molar-refractivity contribution is 0.0697. The molecule has 0 radical (unpaired) electrons. The minimum absolute atomic E-state index is 0.348. The van der Waals surface area contributed by atoms with E-state index in [4.69, 9.17) is 5.11 Å². The van der Waals surface area contributed by atoms with Gasteiger partial charge in [-0.25, -0.2) is 4.79 Å². The third-order valence-electron chi connectivity index (χ3n) is 4.84. The molecule has 3 heteroatoms. The molecule has 1 N–H and O–H groups in total. The van der Waals surface area contributed by atoms with E-state index in [9.17, 15) is 4.79 Å². The standard InChI is InChI=1S/C20H23NO2/c1-14-3-7-17(8-4-14)19-11-15(2)21(13-19)12-16-5-9-18(10-6-16)20(22)23/h3-10,15,19H,11-13H2,1-2H3,(H,22,23). The lowest BCUT2D eigenvalue weighted by atomic mass is 9.96. The van der Waals surface area contributed by atoms with Crippen LogP contribution in [-0.2, 0) is 6.54 Å². The summed E-state index contributed by atoms with van der Waals surface area (Å²) in [7, 11) is 0. The smallest absolute Gasteiger partial charge is 0.335 e. The van der Waals surface area contributed by atoms with Crippen molar-refractivity contribution in [1.29, 1.82) is 0 Å². The third kappa shape index (κ3) is 3.62. The second-order valence-electron chi connectivity index (χ2n) is 6.62. The van der Waals surface area contributed by atoms with E-state index in [0.717, 1.165) is 13.1 Å². The van der Waals surface area contributed by atoms with Crippen molar-refractivity contribution in [2.24, 2.45) is 0 Å². The Morgan fingerprint density at radius 2 is 1.78 bits per heavy atom. The number of hydrogen-bond donors (Lipinski definition) is 1. The Bertz CT molecular complexity index is 676. The maximum Gasteiger partial charge on any atom is 0.335 e. The molecule has 3 nitrogen and oxygen atoms in total. The first kappa shape index (κ1) is 15.8. The van der Waals surface area contributed by atoms with Gasteiger partial charge in [-0.3, -0.25) is 4.90 Å². The van der Waals surface area contributed by atoms with E-state index in [2.05, 4.69) is 43.0 Å². The Morgan fingerprint density at radius 3 is 2.39 bits per heavy atom. The van der Waals surface area contributed by atoms with Crippen molar-refractivity contribution in [3.8, 4) is 0 Å². The van der Waals surface area contributed by atoms with Crippen LogP contribution in [0.5, 0.6) is 0 Å². The van der Waals surface area contributed by atoms with Crippen LogP contribution in [0.25, 0.3) is 0 Å². The summed E-state index contributed by atoms with van der Waals surface area (Å²) in [5.41, 5.74) is 4.24. The van der Waals surface area contributed by atoms with Crippen molar-refractivity contribution in [1.82, 2.24) is 4.90 Å². The van der Waals surface area contributed by atoms with Crippen LogP contribution in [0.15, 0.2) is 48.5 Å². The van der Waals surface area contributed by atoms with Crippen LogP contribution in [0.1, 0.15) is 46.3 Å². The van der Waals surface area contributed by atoms with Gasteiger partial charge in [-0.15, -0.1) is 0 Å². The molecule has 120 valence electrons. The molecule has 1 fully saturated rings. The first-order valence-electron chi connectivity index (χ1n) is 8.16. The molecule has 0 amide bonds. The third-order valence-corrected chi connectivity index (χ3v) is 4.84. The predicted molar refractivity (Wildman–Crippen MR) is 91.8 cm³/mol. The molecule has 0 aromatic heterocycles. The summed E-state index contributed by atoms with van der Waals surface area (Å²) < 4.78 is 0. The molecule has 0 bridgehead atoms. The molecule has 0 aliphatic carbocycles. The van der Waals surface area contributed by atoms with Gasteiger partial charge in [-0.05, 0) is 49.4 Å². The van der Waals surface area contributed by atoms with E-state index in [0.29, 0.717) is 17.5 Å². The molecule has 0 spiro atoms. The Balaban J connectivity index is 1.67. The van der Waals surface area contributed by atoms with Gasteiger partial charge >= 0.3 is 5.97 Å². The largest absolute Gasteiger partial charge is 0.478 e. The number of rotatable bonds is 4. The maximum atomic E-state index is 10.9. The molecule has 23 heavy (non-hydrogen) atoms. The lowest BCUT2D eigenvalue weighted by Crippen LogP contribution is -2.26. The molecule has 2 aromatic rings. The van der Waals surface area contributed by atoms with Gasteiger partial charge in [0.05, 0.1) is 5.56 Å². The van der Waals surface area contributed by atoms with Crippen LogP contribution in [-0.4, -0.2) is 28.6 Å². The predicted octanol–water partition coefficient (Wildman–Crippen LogP) is 4.07. The number of aromatic carboxylic acids is 1. The monoisotopic (exact) mass is 309 g/mol. The number of benzene rings is 2. The summed E-state index contributed by atoms with van der Waals surface area (Å²) in [6.07, 6.45) is 1.18. The molecule has 0 saturated carbocycles. The Morgan fingerprint density at radius 1 is 1.13 bits per heavy atom. The number of aryl methyl sites for hydroxylation is 1. The van der Waals surface area contributed by atoms with Crippen LogP contribution in [0.2, 0.25) is 0 Å². The Labute approximate surface area is 137 Å². The first-order valence-corrected chi connectivity index (χ1v) is 8.16. The number of carbonyl (C=O) groups is 1. The summed E-state index contributed by atoms with van der Waals surface area (Å²) in [5, 5.41) is 8.97. The maximum absolute atomic E-state index is 10.9. The summed E-state index contributed by atoms with van der Waals surface area (Å²) in [6.45, 7) is 6.34. The fraction of sp³-hybridized carbons (Fsp3) is 0.350. The highest BCUT2D eigenvalue weighted by Crippen LogP contribution is 2.32. The molecule has 2 unspecified atom stereocenters. The lowest BCUT2D eigenvalue weighted by Gasteiger charge is -2.21. The summed E-state index contributed by atoms with van der Waals surface area (Å²) >= 11 is 0. The van der Waals surface area contributed by atoms with Gasteiger partial charge in [0, 0.05) is 19.1 Å². The highest BCUT2D eigenvalue weighted by atomic mass is 16.4. The number of likely N-dealkylation sites (tertiary alicyclic amines) is 1. The van der Waals surface area contributed by atoms with Crippen LogP contribution < -0.4 is 0 Å². The van der Waals surface area contributed by atoms with Crippen molar-refractivity contribution < 1.29 is 9.90 Å². The molecule has 1 aliphatic heterocycles. The molecule has 1 heterocycles. The second-order valence-corrected chi connectivity index (χ2v) is 6.62. The van der Waals surface area contributed by atoms with Gasteiger partial charge in [-0.2, -0.15) is 0 Å². The van der Waals surface area contributed by atoms with E-state index in [1.807, 2.05) is 12.1 Å². The van der Waals surface area contributed by atoms with Gasteiger partial charge in [0.15, 0.2) is 0 Å². The zero-order valence-electron chi connectivity index (χ0n) is 13.7. The van der Waals surface area contributed by atoms with Crippen LogP contribution >= 0.6 is 0 Å². The zero-order chi connectivity index (χ0) is 16.4. The van der Waals surface area contributed by atoms with Crippen molar-refractivity contribution in [2.75, 3.05) is 6.54 Å². The molecule has 3 rings (SSSR count). The van der Waals surface area contributed by atoms with Gasteiger partial charge in [0.2, 0.25) is 0 Å². The molecule has 2 atom stereocenters. The van der Waals surface area contributed by atoms with Crippen LogP contribution in [0.4, 0.5) is 0 Å². The minimum atomic E-state index is -0.870. The topological polar surface area (TPSA) is 40.5 Å². The van der Waals surface area contributed by atoms with Crippen molar-refractivity contribution >= 4 is 5.97 Å². The van der Waals surface area contributed by atoms with Gasteiger partial charge in [0.25, 0.3) is 0 Å². The van der Waals surface area contributed by atoms with E-state index in [1.54, 1.807) is 12.1 Å². The molecular weight excluding hydrogens is 286 g/mol. The fourth-order valence-electron chi connectivity index (χ4n) is 3.39. The quantitative estimate of drug-likeness (QED) is 0.925. The first-order chi connectivity index (χ1) is 11.0. The number of carboxylic acids is 1. The highest BCUT2D eigenvalue weighted by Gasteiger charge is 2.29. The Kier molecular flexibility index (Phi) is 4.49. The molecule has 1 saturated heterocycles. The average molecular weight is 309 g/mol. The van der Waals surface area contributed by atoms with E-state index in [1.165, 1.54) is 23.1 Å². The van der Waals surface area contributed by atoms with E-state index in [-0.39, 0.29) is 0 Å². The van der Waals surface area contributed by atoms with E-state index < -0.39 is 5.97 Å². The normalized spacial score (nSPS) is 21.5. The number of carboxylic acid groups (broad SMARTS) is 1. The fourth-order valence-corrected chi connectivity index (χ4v) is 3.39. The van der Waals surface area contributed by atoms with Gasteiger partial charge < -0.3 is 5.11 Å². The zero-order valence-corrected chi connectivity index (χ0v) is 13.7. The average Bonchev–Trinajstić information content (AvgIpc) is 2.89. The Hall–Kier alpha value is -2.13. The van der Waals surface area contributed by atoms with Crippen LogP contribution in [0, 0.1) is 6.92 Å². The van der Waals surface area contributed by atoms with Gasteiger partial charge in [0.1, 0.15) is 0 Å². The molecule has 1 aliphatic rings. The number of nitrogens with zero attached hydrogens (tertiary/aromatic N) is 1. The summed E-state index contributed by atoms with van der Waals surface area (Å²) in [5.74, 6) is -0.283. The van der Waals surface area contributed by atoms with Crippen molar-refractivity contribution in [3.63, 3.8) is 0 Å². The second kappa shape index (κ2) is 6.55. The van der Waals surface area contributed by atoms with Crippen molar-refractivity contribution in [2.45, 2.75) is 38.8 Å². The molecular formula is C20H23NO2. The summed E-state index contributed by atoms with van der Waals surface area (Å²) in [6, 6.07) is 16.6. The van der Waals surface area contributed by atoms with Crippen molar-refractivity contribution in [3.05, 3.63) is 70.8 Å². The SMILES string of the molecule is Cc1ccc(C2CC(C)N(Cc3ccc(C(=O)O)cc3)C2)cc1.